The summed E-state index contributed by atoms with van der Waals surface area (Å²) in [6.07, 6.45) is 3.94. The van der Waals surface area contributed by atoms with Crippen LogP contribution < -0.4 is 9.64 Å². The maximum Gasteiger partial charge on any atom is 0.243 e. The van der Waals surface area contributed by atoms with E-state index in [0.29, 0.717) is 18.6 Å². The van der Waals surface area contributed by atoms with Crippen LogP contribution in [-0.2, 0) is 0 Å². The van der Waals surface area contributed by atoms with E-state index < -0.39 is 0 Å². The summed E-state index contributed by atoms with van der Waals surface area (Å²) in [7, 11) is 0. The molecule has 2 fully saturated rings. The predicted octanol–water partition coefficient (Wildman–Crippen LogP) is 2.64. The smallest absolute Gasteiger partial charge is 0.243 e. The molecule has 0 radical (unpaired) electrons. The number of hydrogen-bond acceptors (Lipinski definition) is 6. The van der Waals surface area contributed by atoms with Gasteiger partial charge >= 0.3 is 0 Å². The van der Waals surface area contributed by atoms with Crippen molar-refractivity contribution in [3.8, 4) is 5.75 Å². The molecule has 2 saturated heterocycles. The molecular weight excluding hydrogens is 357 g/mol. The van der Waals surface area contributed by atoms with Crippen molar-refractivity contribution in [1.29, 1.82) is 0 Å². The predicted molar refractivity (Wildman–Crippen MR) is 97.0 cm³/mol. The largest absolute Gasteiger partial charge is 0.493 e. The minimum Gasteiger partial charge on any atom is -0.493 e. The quantitative estimate of drug-likeness (QED) is 0.816. The monoisotopic (exact) mass is 377 g/mol. The third kappa shape index (κ3) is 4.04. The summed E-state index contributed by atoms with van der Waals surface area (Å²) in [4.78, 5) is 8.79. The minimum absolute atomic E-state index is 0.175. The molecule has 26 heavy (non-hydrogen) atoms. The van der Waals surface area contributed by atoms with Gasteiger partial charge in [0.05, 0.1) is 12.8 Å². The number of ether oxygens (including phenoxy) is 1. The van der Waals surface area contributed by atoms with Gasteiger partial charge in [0.1, 0.15) is 11.6 Å². The summed E-state index contributed by atoms with van der Waals surface area (Å²) < 4.78 is 18.8. The second kappa shape index (κ2) is 7.72. The average molecular weight is 378 g/mol. The van der Waals surface area contributed by atoms with Gasteiger partial charge in [-0.3, -0.25) is 4.90 Å². The zero-order valence-corrected chi connectivity index (χ0v) is 15.1. The van der Waals surface area contributed by atoms with Crippen molar-refractivity contribution < 1.29 is 9.13 Å². The van der Waals surface area contributed by atoms with Gasteiger partial charge in [0, 0.05) is 38.1 Å². The number of hydrogen-bond donors (Lipinski definition) is 0. The number of piperazine rings is 1. The molecule has 2 aromatic rings. The fraction of sp³-hybridized carbons (Fsp3) is 0.500. The van der Waals surface area contributed by atoms with Gasteiger partial charge in [-0.25, -0.2) is 9.37 Å². The second-order valence-corrected chi connectivity index (χ2v) is 7.23. The second-order valence-electron chi connectivity index (χ2n) is 6.89. The molecule has 2 unspecified atom stereocenters. The van der Waals surface area contributed by atoms with Crippen LogP contribution in [0.5, 0.6) is 5.75 Å². The molecule has 0 spiro atoms. The maximum atomic E-state index is 13.0. The number of anilines is 1. The summed E-state index contributed by atoms with van der Waals surface area (Å²) in [6.45, 7) is 4.53. The summed E-state index contributed by atoms with van der Waals surface area (Å²) in [5.74, 6) is 1.78. The first-order valence-corrected chi connectivity index (χ1v) is 9.28. The molecule has 1 aromatic heterocycles. The van der Waals surface area contributed by atoms with Gasteiger partial charge in [0.2, 0.25) is 5.28 Å². The van der Waals surface area contributed by atoms with E-state index >= 15 is 0 Å². The highest BCUT2D eigenvalue weighted by Crippen LogP contribution is 2.27. The van der Waals surface area contributed by atoms with Crippen LogP contribution in [0.3, 0.4) is 0 Å². The Labute approximate surface area is 156 Å². The third-order valence-corrected chi connectivity index (χ3v) is 5.32. The first-order valence-electron chi connectivity index (χ1n) is 8.90. The molecule has 138 valence electrons. The van der Waals surface area contributed by atoms with Gasteiger partial charge in [-0.15, -0.1) is 10.2 Å². The zero-order valence-electron chi connectivity index (χ0n) is 14.4. The van der Waals surface area contributed by atoms with Gasteiger partial charge in [-0.05, 0) is 48.7 Å². The van der Waals surface area contributed by atoms with Crippen LogP contribution in [0, 0.1) is 11.7 Å². The number of fused-ring (bicyclic) bond motifs is 1. The first kappa shape index (κ1) is 17.4. The molecule has 2 aliphatic rings. The third-order valence-electron chi connectivity index (χ3n) is 5.15. The fourth-order valence-corrected chi connectivity index (χ4v) is 3.83. The van der Waals surface area contributed by atoms with Crippen molar-refractivity contribution in [1.82, 2.24) is 20.1 Å². The molecule has 4 rings (SSSR count). The van der Waals surface area contributed by atoms with E-state index in [4.69, 9.17) is 16.3 Å². The summed E-state index contributed by atoms with van der Waals surface area (Å²) in [6, 6.07) is 6.74. The van der Waals surface area contributed by atoms with Gasteiger partial charge in [0.15, 0.2) is 5.82 Å². The van der Waals surface area contributed by atoms with Gasteiger partial charge in [-0.2, -0.15) is 0 Å². The van der Waals surface area contributed by atoms with Crippen LogP contribution in [0.1, 0.15) is 12.8 Å². The van der Waals surface area contributed by atoms with Crippen LogP contribution >= 0.6 is 11.6 Å². The number of nitrogens with zero attached hydrogens (tertiary/aromatic N) is 5. The fourth-order valence-electron chi connectivity index (χ4n) is 3.75. The van der Waals surface area contributed by atoms with E-state index in [0.717, 1.165) is 50.6 Å². The molecule has 3 heterocycles. The lowest BCUT2D eigenvalue weighted by Crippen LogP contribution is -2.57. The molecule has 0 aliphatic carbocycles. The minimum atomic E-state index is -0.240. The van der Waals surface area contributed by atoms with Crippen LogP contribution in [0.2, 0.25) is 5.28 Å². The standard InChI is InChI=1S/C18H21ClFN5O/c19-18-21-9-17(22-23-18)25-8-7-24-10-13(1-4-15(24)11-25)12-26-16-5-2-14(20)3-6-16/h2-3,5-6,9,13,15H,1,4,7-8,10-12H2. The Morgan fingerprint density at radius 3 is 2.73 bits per heavy atom. The first-order chi connectivity index (χ1) is 12.7. The van der Waals surface area contributed by atoms with E-state index in [1.165, 1.54) is 12.1 Å². The Hall–Kier alpha value is -1.99. The maximum absolute atomic E-state index is 13.0. The van der Waals surface area contributed by atoms with Crippen molar-refractivity contribution in [2.75, 3.05) is 37.7 Å². The molecule has 8 heteroatoms. The van der Waals surface area contributed by atoms with Crippen molar-refractivity contribution >= 4 is 17.4 Å². The molecule has 2 aliphatic heterocycles. The highest BCUT2D eigenvalue weighted by atomic mass is 35.5. The Balaban J connectivity index is 1.29. The van der Waals surface area contributed by atoms with E-state index in [1.54, 1.807) is 18.3 Å². The zero-order chi connectivity index (χ0) is 17.9. The normalized spacial score (nSPS) is 23.5. The Bertz CT molecular complexity index is 729. The SMILES string of the molecule is Fc1ccc(OCC2CCC3CN(c4cnc(Cl)nn4)CCN3C2)cc1. The molecule has 2 atom stereocenters. The number of aromatic nitrogens is 3. The molecule has 0 amide bonds. The highest BCUT2D eigenvalue weighted by Gasteiger charge is 2.33. The summed E-state index contributed by atoms with van der Waals surface area (Å²) in [5, 5.41) is 8.15. The number of benzene rings is 1. The van der Waals surface area contributed by atoms with Gasteiger partial charge < -0.3 is 9.64 Å². The van der Waals surface area contributed by atoms with Crippen molar-refractivity contribution in [2.24, 2.45) is 5.92 Å². The van der Waals surface area contributed by atoms with Crippen LogP contribution in [0.4, 0.5) is 10.2 Å². The lowest BCUT2D eigenvalue weighted by Gasteiger charge is -2.46. The van der Waals surface area contributed by atoms with Crippen molar-refractivity contribution in [3.63, 3.8) is 0 Å². The number of halogens is 2. The van der Waals surface area contributed by atoms with Crippen molar-refractivity contribution in [3.05, 3.63) is 41.6 Å². The van der Waals surface area contributed by atoms with Crippen molar-refractivity contribution in [2.45, 2.75) is 18.9 Å². The Morgan fingerprint density at radius 2 is 1.96 bits per heavy atom. The van der Waals surface area contributed by atoms with Gasteiger partial charge in [-0.1, -0.05) is 0 Å². The highest BCUT2D eigenvalue weighted by molar-refractivity contribution is 6.28. The van der Waals surface area contributed by atoms with Gasteiger partial charge in [0.25, 0.3) is 0 Å². The molecular formula is C18H21ClFN5O. The van der Waals surface area contributed by atoms with E-state index in [1.807, 2.05) is 0 Å². The van der Waals surface area contributed by atoms with Crippen LogP contribution in [-0.4, -0.2) is 58.9 Å². The summed E-state index contributed by atoms with van der Waals surface area (Å²) in [5.41, 5.74) is 0. The van der Waals surface area contributed by atoms with E-state index in [-0.39, 0.29) is 11.1 Å². The van der Waals surface area contributed by atoms with E-state index in [9.17, 15) is 4.39 Å². The lowest BCUT2D eigenvalue weighted by atomic mass is 9.91. The average Bonchev–Trinajstić information content (AvgIpc) is 2.67. The topological polar surface area (TPSA) is 54.4 Å². The Morgan fingerprint density at radius 1 is 1.12 bits per heavy atom. The number of rotatable bonds is 4. The van der Waals surface area contributed by atoms with E-state index in [2.05, 4.69) is 25.0 Å². The molecule has 0 bridgehead atoms. The molecule has 1 aromatic carbocycles. The number of piperidine rings is 1. The summed E-state index contributed by atoms with van der Waals surface area (Å²) >= 11 is 5.72. The molecule has 0 N–H and O–H groups in total. The van der Waals surface area contributed by atoms with Crippen LogP contribution in [0.25, 0.3) is 0 Å². The van der Waals surface area contributed by atoms with Crippen LogP contribution in [0.15, 0.2) is 30.5 Å². The molecule has 0 saturated carbocycles. The molecule has 6 nitrogen and oxygen atoms in total. The lowest BCUT2D eigenvalue weighted by molar-refractivity contribution is 0.0727. The Kier molecular flexibility index (Phi) is 5.17.